The minimum absolute atomic E-state index is 0.0221. The van der Waals surface area contributed by atoms with Gasteiger partial charge in [0, 0.05) is 29.1 Å². The number of carbonyl (C=O) groups excluding carboxylic acids is 1. The zero-order valence-corrected chi connectivity index (χ0v) is 15.4. The third kappa shape index (κ3) is 3.09. The predicted octanol–water partition coefficient (Wildman–Crippen LogP) is 4.20. The first-order chi connectivity index (χ1) is 13.5. The number of fused-ring (bicyclic) bond motifs is 2. The Hall–Kier alpha value is -3.67. The van der Waals surface area contributed by atoms with Crippen LogP contribution in [-0.4, -0.2) is 12.3 Å². The first-order valence-corrected chi connectivity index (χ1v) is 8.87. The lowest BCUT2D eigenvalue weighted by Crippen LogP contribution is -2.11. The molecule has 1 N–H and O–H groups in total. The van der Waals surface area contributed by atoms with Gasteiger partial charge in [-0.1, -0.05) is 6.07 Å². The minimum atomic E-state index is -0.672. The van der Waals surface area contributed by atoms with Crippen molar-refractivity contribution in [3.05, 3.63) is 74.9 Å². The molecule has 4 rings (SSSR count). The summed E-state index contributed by atoms with van der Waals surface area (Å²) < 4.78 is 10.7. The van der Waals surface area contributed by atoms with Crippen molar-refractivity contribution in [2.24, 2.45) is 0 Å². The minimum Gasteiger partial charge on any atom is -0.422 e. The number of nitrogens with one attached hydrogen (secondary N) is 1. The number of rotatable bonds is 4. The lowest BCUT2D eigenvalue weighted by atomic mass is 10.0. The van der Waals surface area contributed by atoms with Crippen LogP contribution in [0.2, 0.25) is 0 Å². The molecular weight excluding hydrogens is 358 g/mol. The van der Waals surface area contributed by atoms with Crippen molar-refractivity contribution in [3.8, 4) is 11.1 Å². The molecule has 0 atom stereocenters. The van der Waals surface area contributed by atoms with Crippen LogP contribution < -0.4 is 16.6 Å². The largest absolute Gasteiger partial charge is 0.422 e. The molecule has 0 saturated carbocycles. The Balaban J connectivity index is 1.87. The first kappa shape index (κ1) is 17.7. The van der Waals surface area contributed by atoms with Gasteiger partial charge >= 0.3 is 11.3 Å². The Kier molecular flexibility index (Phi) is 4.31. The van der Waals surface area contributed by atoms with Crippen LogP contribution in [-0.2, 0) is 0 Å². The predicted molar refractivity (Wildman–Crippen MR) is 108 cm³/mol. The molecule has 0 spiro atoms. The summed E-state index contributed by atoms with van der Waals surface area (Å²) >= 11 is 0. The Labute approximate surface area is 159 Å². The third-order valence-electron chi connectivity index (χ3n) is 4.54. The number of Topliss-reactive ketones (excluding diaryl/α,β-unsaturated/α-hetero) is 1. The Morgan fingerprint density at radius 1 is 0.893 bits per heavy atom. The maximum absolute atomic E-state index is 12.6. The average Bonchev–Trinajstić information content (AvgIpc) is 2.66. The van der Waals surface area contributed by atoms with Crippen LogP contribution in [0.15, 0.2) is 67.0 Å². The van der Waals surface area contributed by atoms with Crippen molar-refractivity contribution in [1.29, 1.82) is 0 Å². The van der Waals surface area contributed by atoms with Crippen LogP contribution in [0.4, 0.5) is 5.69 Å². The highest BCUT2D eigenvalue weighted by Gasteiger charge is 2.13. The van der Waals surface area contributed by atoms with Crippen LogP contribution in [0.25, 0.3) is 33.1 Å². The van der Waals surface area contributed by atoms with E-state index in [1.165, 1.54) is 13.0 Å². The Morgan fingerprint density at radius 3 is 2.43 bits per heavy atom. The molecule has 6 heteroatoms. The van der Waals surface area contributed by atoms with E-state index in [1.54, 1.807) is 30.3 Å². The molecule has 2 aromatic heterocycles. The summed E-state index contributed by atoms with van der Waals surface area (Å²) in [4.78, 5) is 36.0. The van der Waals surface area contributed by atoms with E-state index >= 15 is 0 Å². The molecule has 6 nitrogen and oxygen atoms in total. The average molecular weight is 375 g/mol. The van der Waals surface area contributed by atoms with Gasteiger partial charge in [-0.25, -0.2) is 9.59 Å². The van der Waals surface area contributed by atoms with Crippen LogP contribution in [0.3, 0.4) is 0 Å². The molecule has 0 aliphatic carbocycles. The normalized spacial score (nSPS) is 11.1. The SMILES string of the molecule is CCNc1ccc2cc(-c3ccc4oc(=O)c(C(C)=O)cc4c3)c(=O)oc2c1. The van der Waals surface area contributed by atoms with E-state index in [2.05, 4.69) is 5.32 Å². The van der Waals surface area contributed by atoms with Gasteiger partial charge in [0.25, 0.3) is 0 Å². The van der Waals surface area contributed by atoms with Crippen molar-refractivity contribution < 1.29 is 13.6 Å². The third-order valence-corrected chi connectivity index (χ3v) is 4.54. The second kappa shape index (κ2) is 6.81. The van der Waals surface area contributed by atoms with E-state index in [0.29, 0.717) is 27.7 Å². The molecule has 4 aromatic rings. The smallest absolute Gasteiger partial charge is 0.347 e. The van der Waals surface area contributed by atoms with Crippen molar-refractivity contribution >= 4 is 33.4 Å². The number of carbonyl (C=O) groups is 1. The molecule has 2 aromatic carbocycles. The van der Waals surface area contributed by atoms with E-state index in [4.69, 9.17) is 8.83 Å². The molecule has 0 unspecified atom stereocenters. The maximum atomic E-state index is 12.6. The first-order valence-electron chi connectivity index (χ1n) is 8.87. The number of hydrogen-bond acceptors (Lipinski definition) is 6. The summed E-state index contributed by atoms with van der Waals surface area (Å²) in [7, 11) is 0. The van der Waals surface area contributed by atoms with E-state index in [-0.39, 0.29) is 11.3 Å². The molecule has 0 bridgehead atoms. The lowest BCUT2D eigenvalue weighted by Gasteiger charge is -2.07. The van der Waals surface area contributed by atoms with Crippen LogP contribution in [0, 0.1) is 0 Å². The summed E-state index contributed by atoms with van der Waals surface area (Å²) in [5, 5.41) is 4.53. The zero-order valence-electron chi connectivity index (χ0n) is 15.4. The quantitative estimate of drug-likeness (QED) is 0.425. The molecule has 0 fully saturated rings. The number of ketones is 1. The Bertz CT molecular complexity index is 1350. The molecule has 2 heterocycles. The fourth-order valence-electron chi connectivity index (χ4n) is 3.16. The summed E-state index contributed by atoms with van der Waals surface area (Å²) in [5.74, 6) is -0.372. The van der Waals surface area contributed by atoms with Gasteiger partial charge in [0.1, 0.15) is 16.7 Å². The van der Waals surface area contributed by atoms with Gasteiger partial charge in [-0.2, -0.15) is 0 Å². The number of benzene rings is 2. The molecule has 0 amide bonds. The topological polar surface area (TPSA) is 89.5 Å². The lowest BCUT2D eigenvalue weighted by molar-refractivity contribution is 0.101. The highest BCUT2D eigenvalue weighted by Crippen LogP contribution is 2.26. The van der Waals surface area contributed by atoms with Crippen molar-refractivity contribution in [2.75, 3.05) is 11.9 Å². The highest BCUT2D eigenvalue weighted by atomic mass is 16.4. The van der Waals surface area contributed by atoms with Gasteiger partial charge in [-0.05, 0) is 55.8 Å². The zero-order chi connectivity index (χ0) is 19.8. The molecule has 0 aliphatic heterocycles. The van der Waals surface area contributed by atoms with Gasteiger partial charge < -0.3 is 14.2 Å². The Morgan fingerprint density at radius 2 is 1.68 bits per heavy atom. The summed E-state index contributed by atoms with van der Waals surface area (Å²) in [5.41, 5.74) is 1.56. The van der Waals surface area contributed by atoms with Crippen molar-refractivity contribution in [1.82, 2.24) is 0 Å². The molecular formula is C22H17NO5. The van der Waals surface area contributed by atoms with Gasteiger partial charge in [0.05, 0.1) is 5.56 Å². The van der Waals surface area contributed by atoms with Gasteiger partial charge in [0.2, 0.25) is 0 Å². The molecule has 28 heavy (non-hydrogen) atoms. The molecule has 0 saturated heterocycles. The fourth-order valence-corrected chi connectivity index (χ4v) is 3.16. The standard InChI is InChI=1S/C22H17NO5/c1-3-23-16-6-4-14-9-18(22(26)28-20(14)11-16)13-5-7-19-15(8-13)10-17(12(2)24)21(25)27-19/h4-11,23H,3H2,1-2H3. The van der Waals surface area contributed by atoms with Gasteiger partial charge in [-0.15, -0.1) is 0 Å². The number of anilines is 1. The molecule has 0 aliphatic rings. The van der Waals surface area contributed by atoms with Crippen molar-refractivity contribution in [3.63, 3.8) is 0 Å². The van der Waals surface area contributed by atoms with Crippen LogP contribution in [0.5, 0.6) is 0 Å². The fraction of sp³-hybridized carbons (Fsp3) is 0.136. The molecule has 0 radical (unpaired) electrons. The molecule has 140 valence electrons. The summed E-state index contributed by atoms with van der Waals surface area (Å²) in [6.07, 6.45) is 0. The highest BCUT2D eigenvalue weighted by molar-refractivity contribution is 5.97. The van der Waals surface area contributed by atoms with Crippen LogP contribution in [0.1, 0.15) is 24.2 Å². The maximum Gasteiger partial charge on any atom is 0.347 e. The van der Waals surface area contributed by atoms with Crippen molar-refractivity contribution in [2.45, 2.75) is 13.8 Å². The van der Waals surface area contributed by atoms with E-state index in [0.717, 1.165) is 17.6 Å². The second-order valence-corrected chi connectivity index (χ2v) is 6.49. The van der Waals surface area contributed by atoms with Gasteiger partial charge in [-0.3, -0.25) is 4.79 Å². The summed E-state index contributed by atoms with van der Waals surface area (Å²) in [6, 6.07) is 13.8. The van der Waals surface area contributed by atoms with Crippen LogP contribution >= 0.6 is 0 Å². The van der Waals surface area contributed by atoms with E-state index in [1.807, 2.05) is 19.1 Å². The number of hydrogen-bond donors (Lipinski definition) is 1. The monoisotopic (exact) mass is 375 g/mol. The van der Waals surface area contributed by atoms with Gasteiger partial charge in [0.15, 0.2) is 5.78 Å². The summed E-state index contributed by atoms with van der Waals surface area (Å²) in [6.45, 7) is 4.06. The second-order valence-electron chi connectivity index (χ2n) is 6.49. The van der Waals surface area contributed by atoms with E-state index < -0.39 is 11.3 Å². The van der Waals surface area contributed by atoms with E-state index in [9.17, 15) is 14.4 Å².